The first-order valence-electron chi connectivity index (χ1n) is 16.1. The van der Waals surface area contributed by atoms with Gasteiger partial charge in [-0.2, -0.15) is 12.8 Å². The molecule has 0 aliphatic heterocycles. The van der Waals surface area contributed by atoms with Crippen LogP contribution in [0.4, 0.5) is 0 Å². The molecule has 2 rings (SSSR count). The van der Waals surface area contributed by atoms with Crippen molar-refractivity contribution >= 4 is 30.0 Å². The van der Waals surface area contributed by atoms with Crippen molar-refractivity contribution in [3.63, 3.8) is 0 Å². The average molecular weight is 658 g/mol. The zero-order chi connectivity index (χ0) is 35.2. The minimum absolute atomic E-state index is 0. The number of carboxylic acid groups (broad SMARTS) is 1. The molecule has 48 heavy (non-hydrogen) atoms. The van der Waals surface area contributed by atoms with Crippen LogP contribution in [0.25, 0.3) is 0 Å². The molecule has 3 atom stereocenters. The molecule has 0 heterocycles. The number of benzene rings is 2. The van der Waals surface area contributed by atoms with Crippen molar-refractivity contribution in [1.29, 1.82) is 0 Å². The van der Waals surface area contributed by atoms with E-state index in [2.05, 4.69) is 29.8 Å². The Balaban J connectivity index is 0.00000193. The predicted octanol–water partition coefficient (Wildman–Crippen LogP) is -0.178. The Morgan fingerprint density at radius 1 is 0.854 bits per heavy atom. The fourth-order valence-electron chi connectivity index (χ4n) is 4.47. The summed E-state index contributed by atoms with van der Waals surface area (Å²) >= 11 is 0. The molecule has 0 fully saturated rings. The van der Waals surface area contributed by atoms with Gasteiger partial charge in [-0.25, -0.2) is 6.29 Å². The summed E-state index contributed by atoms with van der Waals surface area (Å²) in [6.45, 7) is 11.2. The number of rotatable bonds is 20. The molecule has 0 bridgehead atoms. The molecule has 0 aliphatic carbocycles. The van der Waals surface area contributed by atoms with E-state index in [-0.39, 0.29) is 56.4 Å². The third kappa shape index (κ3) is 17.6. The van der Waals surface area contributed by atoms with Gasteiger partial charge in [-0.05, 0) is 42.9 Å². The van der Waals surface area contributed by atoms with Gasteiger partial charge >= 0.3 is 24.8 Å². The van der Waals surface area contributed by atoms with Gasteiger partial charge in [0.05, 0.1) is 5.54 Å². The molecule has 2 aromatic rings. The Kier molecular flexibility index (Phi) is 22.8. The van der Waals surface area contributed by atoms with Gasteiger partial charge in [0.15, 0.2) is 0 Å². The van der Waals surface area contributed by atoms with Crippen molar-refractivity contribution in [2.45, 2.75) is 95.3 Å². The largest absolute Gasteiger partial charge is 1.00 e. The number of aliphatic carboxylic acids is 1. The summed E-state index contributed by atoms with van der Waals surface area (Å²) in [5.74, 6) is -2.06. The van der Waals surface area contributed by atoms with E-state index in [9.17, 15) is 24.0 Å². The SMILES string of the molecule is CC(C)CC(NC(=O)[C@@H](Cc1ccccc1)NC(=O)CCc1ccccc1)C(=O)N[C@@H]([C-]=O)CCCCN.[CH2-]CC(N)(C[CH2-])C(=O)O.[Li+]. The van der Waals surface area contributed by atoms with Gasteiger partial charge in [-0.1, -0.05) is 93.4 Å². The predicted molar refractivity (Wildman–Crippen MR) is 183 cm³/mol. The molecule has 0 saturated heterocycles. The molecule has 8 N–H and O–H groups in total. The molecule has 11 nitrogen and oxygen atoms in total. The molecule has 0 radical (unpaired) electrons. The van der Waals surface area contributed by atoms with E-state index in [0.717, 1.165) is 17.5 Å². The monoisotopic (exact) mass is 657 g/mol. The topological polar surface area (TPSA) is 194 Å². The molecule has 0 aromatic heterocycles. The molecular weight excluding hydrogens is 605 g/mol. The van der Waals surface area contributed by atoms with Gasteiger partial charge in [-0.15, -0.1) is 0 Å². The summed E-state index contributed by atoms with van der Waals surface area (Å²) in [7, 11) is 0. The fraction of sp³-hybridized carbons (Fsp3) is 0.472. The van der Waals surface area contributed by atoms with Crippen molar-refractivity contribution < 1.29 is 47.9 Å². The van der Waals surface area contributed by atoms with Crippen LogP contribution in [-0.2, 0) is 36.8 Å². The standard InChI is InChI=1S/C30H41N4O4.C6H11NO2.Li/c1-22(2)19-26(29(37)32-25(21-35)15-9-10-18-31)34-30(38)27(20-24-13-7-4-8-14-24)33-28(36)17-16-23-11-5-3-6-12-23;1-3-6(7,4-2)5(8)9;/h3-8,11-14,22,25-27H,9-10,15-20,31H2,1-2H3,(H,32,37)(H,33,36)(H,34,38);1-4,7H2,(H,8,9);/q-1;-2;+1/t25-,26?,27-;;/m1../s1. The molecule has 0 saturated carbocycles. The van der Waals surface area contributed by atoms with Crippen LogP contribution >= 0.6 is 0 Å². The van der Waals surface area contributed by atoms with E-state index in [4.69, 9.17) is 16.6 Å². The third-order valence-electron chi connectivity index (χ3n) is 7.48. The summed E-state index contributed by atoms with van der Waals surface area (Å²) in [6, 6.07) is 16.6. The Morgan fingerprint density at radius 2 is 1.40 bits per heavy atom. The second kappa shape index (κ2) is 24.6. The molecule has 260 valence electrons. The number of nitrogens with one attached hydrogen (secondary N) is 3. The Morgan fingerprint density at radius 3 is 1.85 bits per heavy atom. The normalized spacial score (nSPS) is 12.6. The number of nitrogens with two attached hydrogens (primary N) is 2. The zero-order valence-corrected chi connectivity index (χ0v) is 28.7. The fourth-order valence-corrected chi connectivity index (χ4v) is 4.47. The number of carboxylic acids is 1. The first-order chi connectivity index (χ1) is 22.4. The van der Waals surface area contributed by atoms with Crippen LogP contribution in [0.3, 0.4) is 0 Å². The minimum atomic E-state index is -1.22. The second-order valence-electron chi connectivity index (χ2n) is 11.9. The van der Waals surface area contributed by atoms with E-state index in [1.54, 1.807) is 0 Å². The van der Waals surface area contributed by atoms with E-state index < -0.39 is 41.4 Å². The van der Waals surface area contributed by atoms with E-state index in [1.807, 2.05) is 80.8 Å². The number of unbranched alkanes of at least 4 members (excludes halogenated alkanes) is 1. The summed E-state index contributed by atoms with van der Waals surface area (Å²) < 4.78 is 0. The Labute approximate surface area is 297 Å². The summed E-state index contributed by atoms with van der Waals surface area (Å²) in [6.07, 6.45) is 5.53. The number of carbonyl (C=O) groups excluding carboxylic acids is 4. The smallest absolute Gasteiger partial charge is 0.540 e. The number of hydrogen-bond acceptors (Lipinski definition) is 7. The Bertz CT molecular complexity index is 1230. The van der Waals surface area contributed by atoms with Crippen LogP contribution in [0.15, 0.2) is 60.7 Å². The van der Waals surface area contributed by atoms with Crippen molar-refractivity contribution in [3.05, 3.63) is 85.6 Å². The summed E-state index contributed by atoms with van der Waals surface area (Å²) in [4.78, 5) is 61.0. The van der Waals surface area contributed by atoms with Gasteiger partial charge in [0.25, 0.3) is 0 Å². The summed E-state index contributed by atoms with van der Waals surface area (Å²) in [5, 5.41) is 16.8. The van der Waals surface area contributed by atoms with Crippen LogP contribution < -0.4 is 46.3 Å². The first-order valence-corrected chi connectivity index (χ1v) is 16.1. The maximum atomic E-state index is 13.4. The van der Waals surface area contributed by atoms with Gasteiger partial charge in [0.2, 0.25) is 17.7 Å². The van der Waals surface area contributed by atoms with Crippen molar-refractivity contribution in [3.8, 4) is 0 Å². The Hall–Kier alpha value is -3.49. The number of amides is 3. The van der Waals surface area contributed by atoms with Crippen molar-refractivity contribution in [1.82, 2.24) is 16.0 Å². The molecule has 0 spiro atoms. The minimum Gasteiger partial charge on any atom is -0.540 e. The molecule has 0 aliphatic rings. The maximum absolute atomic E-state index is 13.4. The van der Waals surface area contributed by atoms with E-state index >= 15 is 0 Å². The maximum Gasteiger partial charge on any atom is 1.00 e. The van der Waals surface area contributed by atoms with Gasteiger partial charge in [0, 0.05) is 12.8 Å². The average Bonchev–Trinajstić information content (AvgIpc) is 3.06. The van der Waals surface area contributed by atoms with E-state index in [0.29, 0.717) is 32.2 Å². The number of aryl methyl sites for hydroxylation is 1. The van der Waals surface area contributed by atoms with Gasteiger partial charge < -0.3 is 51.2 Å². The molecule has 1 unspecified atom stereocenters. The first kappa shape index (κ1) is 44.5. The van der Waals surface area contributed by atoms with Crippen LogP contribution in [0.2, 0.25) is 0 Å². The molecule has 3 amide bonds. The third-order valence-corrected chi connectivity index (χ3v) is 7.48. The van der Waals surface area contributed by atoms with E-state index in [1.165, 1.54) is 0 Å². The van der Waals surface area contributed by atoms with Crippen molar-refractivity contribution in [2.24, 2.45) is 17.4 Å². The molecule has 12 heteroatoms. The molecule has 2 aromatic carbocycles. The molecular formula is C36H52LiN5O6-2. The van der Waals surface area contributed by atoms with Crippen LogP contribution in [-0.4, -0.2) is 65.3 Å². The number of carbonyl (C=O) groups is 4. The van der Waals surface area contributed by atoms with Gasteiger partial charge in [0.1, 0.15) is 12.1 Å². The van der Waals surface area contributed by atoms with Crippen LogP contribution in [0, 0.1) is 19.8 Å². The zero-order valence-electron chi connectivity index (χ0n) is 28.7. The van der Waals surface area contributed by atoms with Crippen LogP contribution in [0.5, 0.6) is 0 Å². The van der Waals surface area contributed by atoms with Gasteiger partial charge in [-0.3, -0.25) is 19.2 Å². The quantitative estimate of drug-likeness (QED) is 0.0641. The van der Waals surface area contributed by atoms with Crippen molar-refractivity contribution in [2.75, 3.05) is 6.54 Å². The number of hydrogen-bond donors (Lipinski definition) is 6. The summed E-state index contributed by atoms with van der Waals surface area (Å²) in [5.41, 5.74) is 11.5. The van der Waals surface area contributed by atoms with Crippen LogP contribution in [0.1, 0.15) is 69.9 Å². The second-order valence-corrected chi connectivity index (χ2v) is 11.9.